The molecule has 2 amide bonds. The van der Waals surface area contributed by atoms with Crippen LogP contribution in [0.3, 0.4) is 0 Å². The molecule has 0 spiro atoms. The number of hydrogen-bond donors (Lipinski definition) is 2. The van der Waals surface area contributed by atoms with E-state index in [2.05, 4.69) is 27.7 Å². The molecule has 2 heterocycles. The summed E-state index contributed by atoms with van der Waals surface area (Å²) in [4.78, 5) is 27.9. The fourth-order valence-corrected chi connectivity index (χ4v) is 3.92. The number of rotatable bonds is 9. The van der Waals surface area contributed by atoms with Crippen molar-refractivity contribution in [3.05, 3.63) is 95.9 Å². The zero-order valence-electron chi connectivity index (χ0n) is 18.5. The quantitative estimate of drug-likeness (QED) is 0.527. The summed E-state index contributed by atoms with van der Waals surface area (Å²) in [5.74, 6) is -0.491. The van der Waals surface area contributed by atoms with E-state index in [1.54, 1.807) is 12.1 Å². The van der Waals surface area contributed by atoms with Crippen molar-refractivity contribution in [2.24, 2.45) is 0 Å². The van der Waals surface area contributed by atoms with Gasteiger partial charge in [-0.2, -0.15) is 0 Å². The fourth-order valence-electron chi connectivity index (χ4n) is 3.92. The number of nitrogens with zero attached hydrogens (tertiary/aromatic N) is 1. The van der Waals surface area contributed by atoms with E-state index in [9.17, 15) is 9.59 Å². The fraction of sp³-hybridized carbons (Fsp3) is 0.308. The largest absolute Gasteiger partial charge is 0.459 e. The Bertz CT molecular complexity index is 1010. The highest BCUT2D eigenvalue weighted by Crippen LogP contribution is 2.11. The number of amides is 2. The van der Waals surface area contributed by atoms with Crippen molar-refractivity contribution in [3.63, 3.8) is 0 Å². The van der Waals surface area contributed by atoms with Crippen molar-refractivity contribution in [2.45, 2.75) is 25.1 Å². The molecule has 7 heteroatoms. The predicted octanol–water partition coefficient (Wildman–Crippen LogP) is 2.64. The number of nitrogens with one attached hydrogen (secondary N) is 2. The minimum atomic E-state index is -0.728. The monoisotopic (exact) mass is 447 g/mol. The van der Waals surface area contributed by atoms with Crippen LogP contribution in [-0.2, 0) is 22.5 Å². The van der Waals surface area contributed by atoms with Crippen molar-refractivity contribution >= 4 is 11.8 Å². The summed E-state index contributed by atoms with van der Waals surface area (Å²) >= 11 is 0. The summed E-state index contributed by atoms with van der Waals surface area (Å²) in [5, 5.41) is 5.77. The van der Waals surface area contributed by atoms with Crippen molar-refractivity contribution in [3.8, 4) is 0 Å². The molecule has 1 aliphatic rings. The normalized spacial score (nSPS) is 17.3. The maximum Gasteiger partial charge on any atom is 0.287 e. The smallest absolute Gasteiger partial charge is 0.287 e. The van der Waals surface area contributed by atoms with E-state index in [-0.39, 0.29) is 17.8 Å². The second-order valence-corrected chi connectivity index (χ2v) is 8.15. The second-order valence-electron chi connectivity index (χ2n) is 8.15. The van der Waals surface area contributed by atoms with Crippen LogP contribution in [0, 0.1) is 0 Å². The molecular formula is C26H29N3O4. The van der Waals surface area contributed by atoms with Crippen LogP contribution in [0.4, 0.5) is 0 Å². The molecular weight excluding hydrogens is 418 g/mol. The van der Waals surface area contributed by atoms with Crippen LogP contribution in [0.15, 0.2) is 83.5 Å². The summed E-state index contributed by atoms with van der Waals surface area (Å²) in [6.45, 7) is 3.44. The highest BCUT2D eigenvalue weighted by atomic mass is 16.5. The Labute approximate surface area is 193 Å². The standard InChI is InChI=1S/C26H29N3O4/c30-25(27-17-22-19-29(13-15-32-22)18-21-10-5-2-6-11-21)23(16-20-8-3-1-4-9-20)28-26(31)24-12-7-14-33-24/h1-12,14,22-23H,13,15-19H2,(H,27,30)(H,28,31). The molecule has 2 aromatic carbocycles. The van der Waals surface area contributed by atoms with Gasteiger partial charge in [-0.05, 0) is 23.3 Å². The Kier molecular flexibility index (Phi) is 7.90. The molecule has 1 saturated heterocycles. The topological polar surface area (TPSA) is 83.8 Å². The molecule has 0 radical (unpaired) electrons. The van der Waals surface area contributed by atoms with Crippen LogP contribution in [0.25, 0.3) is 0 Å². The summed E-state index contributed by atoms with van der Waals surface area (Å²) in [6, 6.07) is 22.4. The van der Waals surface area contributed by atoms with Gasteiger partial charge in [0.05, 0.1) is 19.0 Å². The molecule has 7 nitrogen and oxygen atoms in total. The van der Waals surface area contributed by atoms with Gasteiger partial charge in [-0.25, -0.2) is 0 Å². The van der Waals surface area contributed by atoms with Gasteiger partial charge in [-0.3, -0.25) is 14.5 Å². The number of carbonyl (C=O) groups is 2. The first-order valence-electron chi connectivity index (χ1n) is 11.2. The van der Waals surface area contributed by atoms with Gasteiger partial charge in [0.15, 0.2) is 5.76 Å². The van der Waals surface area contributed by atoms with E-state index in [1.165, 1.54) is 11.8 Å². The van der Waals surface area contributed by atoms with E-state index in [1.807, 2.05) is 48.5 Å². The molecule has 1 aromatic heterocycles. The molecule has 2 N–H and O–H groups in total. The SMILES string of the molecule is O=C(NC(Cc1ccccc1)C(=O)NCC1CN(Cc2ccccc2)CCO1)c1ccco1. The summed E-state index contributed by atoms with van der Waals surface area (Å²) in [7, 11) is 0. The molecule has 33 heavy (non-hydrogen) atoms. The Morgan fingerprint density at radius 2 is 1.70 bits per heavy atom. The summed E-state index contributed by atoms with van der Waals surface area (Å²) in [6.07, 6.45) is 1.71. The van der Waals surface area contributed by atoms with Crippen LogP contribution in [-0.4, -0.2) is 55.1 Å². The van der Waals surface area contributed by atoms with E-state index in [0.717, 1.165) is 25.2 Å². The van der Waals surface area contributed by atoms with Gasteiger partial charge in [-0.15, -0.1) is 0 Å². The van der Waals surface area contributed by atoms with Gasteiger partial charge in [0.25, 0.3) is 5.91 Å². The highest BCUT2D eigenvalue weighted by molar-refractivity contribution is 5.95. The van der Waals surface area contributed by atoms with Crippen LogP contribution < -0.4 is 10.6 Å². The zero-order valence-corrected chi connectivity index (χ0v) is 18.5. The van der Waals surface area contributed by atoms with Gasteiger partial charge in [-0.1, -0.05) is 60.7 Å². The molecule has 1 fully saturated rings. The van der Waals surface area contributed by atoms with E-state index < -0.39 is 11.9 Å². The average molecular weight is 448 g/mol. The number of hydrogen-bond acceptors (Lipinski definition) is 5. The highest BCUT2D eigenvalue weighted by Gasteiger charge is 2.26. The van der Waals surface area contributed by atoms with Gasteiger partial charge in [0.2, 0.25) is 5.91 Å². The Balaban J connectivity index is 1.34. The third-order valence-corrected chi connectivity index (χ3v) is 5.63. The minimum Gasteiger partial charge on any atom is -0.459 e. The third kappa shape index (κ3) is 6.78. The average Bonchev–Trinajstić information content (AvgIpc) is 3.39. The number of furan rings is 1. The van der Waals surface area contributed by atoms with Crippen molar-refractivity contribution in [2.75, 3.05) is 26.2 Å². The van der Waals surface area contributed by atoms with Crippen molar-refractivity contribution in [1.82, 2.24) is 15.5 Å². The lowest BCUT2D eigenvalue weighted by atomic mass is 10.0. The van der Waals surface area contributed by atoms with Gasteiger partial charge < -0.3 is 19.8 Å². The van der Waals surface area contributed by atoms with Crippen molar-refractivity contribution in [1.29, 1.82) is 0 Å². The molecule has 0 saturated carbocycles. The molecule has 0 aliphatic carbocycles. The molecule has 2 unspecified atom stereocenters. The molecule has 1 aliphatic heterocycles. The van der Waals surface area contributed by atoms with E-state index in [0.29, 0.717) is 19.6 Å². The molecule has 3 aromatic rings. The first-order valence-corrected chi connectivity index (χ1v) is 11.2. The van der Waals surface area contributed by atoms with Gasteiger partial charge >= 0.3 is 0 Å². The van der Waals surface area contributed by atoms with Crippen molar-refractivity contribution < 1.29 is 18.7 Å². The number of carbonyl (C=O) groups excluding carboxylic acids is 2. The zero-order chi connectivity index (χ0) is 22.9. The number of benzene rings is 2. The lowest BCUT2D eigenvalue weighted by molar-refractivity contribution is -0.124. The maximum atomic E-state index is 13.0. The third-order valence-electron chi connectivity index (χ3n) is 5.63. The van der Waals surface area contributed by atoms with Crippen LogP contribution in [0.5, 0.6) is 0 Å². The lowest BCUT2D eigenvalue weighted by Crippen LogP contribution is -2.52. The Hall–Kier alpha value is -3.42. The van der Waals surface area contributed by atoms with Crippen LogP contribution in [0.1, 0.15) is 21.7 Å². The number of morpholine rings is 1. The van der Waals surface area contributed by atoms with Gasteiger partial charge in [0, 0.05) is 32.6 Å². The van der Waals surface area contributed by atoms with Crippen LogP contribution >= 0.6 is 0 Å². The van der Waals surface area contributed by atoms with Gasteiger partial charge in [0.1, 0.15) is 6.04 Å². The summed E-state index contributed by atoms with van der Waals surface area (Å²) in [5.41, 5.74) is 2.21. The first kappa shape index (κ1) is 22.8. The summed E-state index contributed by atoms with van der Waals surface area (Å²) < 4.78 is 11.0. The van der Waals surface area contributed by atoms with E-state index in [4.69, 9.17) is 9.15 Å². The molecule has 2 atom stereocenters. The number of ether oxygens (including phenoxy) is 1. The maximum absolute atomic E-state index is 13.0. The molecule has 4 rings (SSSR count). The molecule has 172 valence electrons. The Morgan fingerprint density at radius 1 is 0.970 bits per heavy atom. The lowest BCUT2D eigenvalue weighted by Gasteiger charge is -2.33. The predicted molar refractivity (Wildman–Crippen MR) is 125 cm³/mol. The minimum absolute atomic E-state index is 0.107. The first-order chi connectivity index (χ1) is 16.2. The van der Waals surface area contributed by atoms with E-state index >= 15 is 0 Å². The second kappa shape index (κ2) is 11.4. The Morgan fingerprint density at radius 3 is 2.39 bits per heavy atom. The van der Waals surface area contributed by atoms with Crippen LogP contribution in [0.2, 0.25) is 0 Å². The molecule has 0 bridgehead atoms.